The van der Waals surface area contributed by atoms with Gasteiger partial charge in [-0.2, -0.15) is 8.42 Å². The molecule has 0 aliphatic carbocycles. The molecule has 0 radical (unpaired) electrons. The highest BCUT2D eigenvalue weighted by molar-refractivity contribution is 7.87. The Kier molecular flexibility index (Phi) is 5.49. The molecule has 5 nitrogen and oxygen atoms in total. The number of imidazole rings is 1. The summed E-state index contributed by atoms with van der Waals surface area (Å²) in [6.45, 7) is 4.21. The van der Waals surface area contributed by atoms with E-state index in [2.05, 4.69) is 4.98 Å². The molecule has 0 amide bonds. The Hall–Kier alpha value is -2.54. The summed E-state index contributed by atoms with van der Waals surface area (Å²) in [7, 11) is -3.94. The molecule has 0 saturated carbocycles. The second kappa shape index (κ2) is 7.95. The van der Waals surface area contributed by atoms with Crippen molar-refractivity contribution in [1.29, 1.82) is 0 Å². The fourth-order valence-corrected chi connectivity index (χ4v) is 4.48. The van der Waals surface area contributed by atoms with E-state index in [0.717, 1.165) is 28.0 Å². The summed E-state index contributed by atoms with van der Waals surface area (Å²) in [6.07, 6.45) is 0. The van der Waals surface area contributed by atoms with Crippen molar-refractivity contribution in [3.8, 4) is 5.75 Å². The Labute approximate surface area is 185 Å². The lowest BCUT2D eigenvalue weighted by Gasteiger charge is -2.11. The average molecular weight is 461 g/mol. The summed E-state index contributed by atoms with van der Waals surface area (Å²) in [6, 6.07) is 16.8. The molecule has 0 spiro atoms. The zero-order valence-corrected chi connectivity index (χ0v) is 18.6. The quantitative estimate of drug-likeness (QED) is 0.354. The topological polar surface area (TPSA) is 61.2 Å². The smallest absolute Gasteiger partial charge is 0.339 e. The molecule has 0 saturated heterocycles. The molecule has 0 bridgehead atoms. The van der Waals surface area contributed by atoms with Crippen molar-refractivity contribution < 1.29 is 12.6 Å². The van der Waals surface area contributed by atoms with Crippen molar-refractivity contribution in [3.05, 3.63) is 87.7 Å². The average Bonchev–Trinajstić information content (AvgIpc) is 2.99. The molecule has 1 heterocycles. The van der Waals surface area contributed by atoms with Crippen molar-refractivity contribution in [2.24, 2.45) is 0 Å². The minimum absolute atomic E-state index is 0.101. The third kappa shape index (κ3) is 4.17. The molecule has 154 valence electrons. The summed E-state index contributed by atoms with van der Waals surface area (Å²) >= 11 is 12.4. The van der Waals surface area contributed by atoms with Gasteiger partial charge in [0, 0.05) is 16.1 Å². The van der Waals surface area contributed by atoms with Crippen LogP contribution in [0.15, 0.2) is 65.6 Å². The highest BCUT2D eigenvalue weighted by atomic mass is 35.5. The summed E-state index contributed by atoms with van der Waals surface area (Å²) in [5, 5.41) is 1.18. The van der Waals surface area contributed by atoms with Gasteiger partial charge in [-0.25, -0.2) is 4.98 Å². The van der Waals surface area contributed by atoms with Crippen LogP contribution in [0.5, 0.6) is 5.75 Å². The van der Waals surface area contributed by atoms with Crippen LogP contribution < -0.4 is 4.18 Å². The Morgan fingerprint density at radius 1 is 0.967 bits per heavy atom. The van der Waals surface area contributed by atoms with Gasteiger partial charge in [-0.05, 0) is 61.9 Å². The van der Waals surface area contributed by atoms with Crippen molar-refractivity contribution in [2.75, 3.05) is 0 Å². The molecule has 0 fully saturated rings. The van der Waals surface area contributed by atoms with Crippen LogP contribution in [0.2, 0.25) is 10.0 Å². The number of halogens is 2. The van der Waals surface area contributed by atoms with E-state index in [0.29, 0.717) is 16.6 Å². The van der Waals surface area contributed by atoms with Gasteiger partial charge in [-0.15, -0.1) is 0 Å². The third-order valence-electron chi connectivity index (χ3n) is 4.76. The molecule has 4 rings (SSSR count). The first kappa shape index (κ1) is 20.7. The Balaban J connectivity index is 1.71. The van der Waals surface area contributed by atoms with Gasteiger partial charge in [0.2, 0.25) is 0 Å². The lowest BCUT2D eigenvalue weighted by molar-refractivity contribution is 0.486. The number of hydrogen-bond acceptors (Lipinski definition) is 4. The van der Waals surface area contributed by atoms with Crippen LogP contribution >= 0.6 is 23.2 Å². The standard InChI is InChI=1S/C22H18Cl2N2O3S/c1-14-3-7-19(8-4-14)30(27,28)29-18-6-10-21-22(12-18)26(15(2)25-21)13-16-11-17(23)5-9-20(16)24/h3-12H,13H2,1-2H3. The van der Waals surface area contributed by atoms with E-state index in [1.54, 1.807) is 48.5 Å². The van der Waals surface area contributed by atoms with E-state index >= 15 is 0 Å². The molecule has 0 aliphatic heterocycles. The molecule has 1 aromatic heterocycles. The molecule has 4 aromatic rings. The maximum absolute atomic E-state index is 12.6. The van der Waals surface area contributed by atoms with Crippen LogP contribution in [-0.2, 0) is 16.7 Å². The highest BCUT2D eigenvalue weighted by Gasteiger charge is 2.18. The van der Waals surface area contributed by atoms with Crippen molar-refractivity contribution in [2.45, 2.75) is 25.3 Å². The highest BCUT2D eigenvalue weighted by Crippen LogP contribution is 2.28. The number of hydrogen-bond donors (Lipinski definition) is 0. The van der Waals surface area contributed by atoms with Crippen molar-refractivity contribution >= 4 is 44.4 Å². The van der Waals surface area contributed by atoms with Gasteiger partial charge < -0.3 is 8.75 Å². The predicted octanol–water partition coefficient (Wildman–Crippen LogP) is 5.78. The SMILES string of the molecule is Cc1ccc(S(=O)(=O)Oc2ccc3nc(C)n(Cc4cc(Cl)ccc4Cl)c3c2)cc1. The zero-order chi connectivity index (χ0) is 21.5. The van der Waals surface area contributed by atoms with Crippen molar-refractivity contribution in [1.82, 2.24) is 9.55 Å². The summed E-state index contributed by atoms with van der Waals surface area (Å²) in [5.74, 6) is 0.973. The van der Waals surface area contributed by atoms with E-state index in [1.807, 2.05) is 18.4 Å². The van der Waals surface area contributed by atoms with E-state index in [1.165, 1.54) is 12.1 Å². The van der Waals surface area contributed by atoms with Crippen LogP contribution in [-0.4, -0.2) is 18.0 Å². The fourth-order valence-electron chi connectivity index (χ4n) is 3.19. The molecule has 0 unspecified atom stereocenters. The number of aryl methyl sites for hydroxylation is 2. The minimum Gasteiger partial charge on any atom is -0.379 e. The molecule has 0 atom stereocenters. The number of aromatic nitrogens is 2. The minimum atomic E-state index is -3.94. The number of fused-ring (bicyclic) bond motifs is 1. The largest absolute Gasteiger partial charge is 0.379 e. The molecular weight excluding hydrogens is 443 g/mol. The second-order valence-electron chi connectivity index (χ2n) is 6.98. The molecule has 30 heavy (non-hydrogen) atoms. The summed E-state index contributed by atoms with van der Waals surface area (Å²) in [5.41, 5.74) is 3.27. The van der Waals surface area contributed by atoms with Gasteiger partial charge in [0.25, 0.3) is 0 Å². The fraction of sp³-hybridized carbons (Fsp3) is 0.136. The zero-order valence-electron chi connectivity index (χ0n) is 16.3. The van der Waals surface area contributed by atoms with Gasteiger partial charge in [0.05, 0.1) is 17.6 Å². The van der Waals surface area contributed by atoms with Gasteiger partial charge in [-0.1, -0.05) is 40.9 Å². The normalized spacial score (nSPS) is 11.7. The van der Waals surface area contributed by atoms with Gasteiger partial charge in [0.15, 0.2) is 0 Å². The van der Waals surface area contributed by atoms with Gasteiger partial charge in [-0.3, -0.25) is 0 Å². The third-order valence-corrected chi connectivity index (χ3v) is 6.63. The number of benzene rings is 3. The molecule has 0 aliphatic rings. The summed E-state index contributed by atoms with van der Waals surface area (Å²) in [4.78, 5) is 4.65. The summed E-state index contributed by atoms with van der Waals surface area (Å²) < 4.78 is 32.6. The number of nitrogens with zero attached hydrogens (tertiary/aromatic N) is 2. The van der Waals surface area contributed by atoms with E-state index in [9.17, 15) is 8.42 Å². The van der Waals surface area contributed by atoms with Crippen LogP contribution in [0.3, 0.4) is 0 Å². The number of rotatable bonds is 5. The Morgan fingerprint density at radius 2 is 1.70 bits per heavy atom. The van der Waals surface area contributed by atoms with Crippen LogP contribution in [0, 0.1) is 13.8 Å². The van der Waals surface area contributed by atoms with E-state index < -0.39 is 10.1 Å². The Bertz CT molecular complexity index is 1350. The van der Waals surface area contributed by atoms with E-state index in [4.69, 9.17) is 27.4 Å². The van der Waals surface area contributed by atoms with Gasteiger partial charge >= 0.3 is 10.1 Å². The maximum atomic E-state index is 12.6. The second-order valence-corrected chi connectivity index (χ2v) is 9.37. The molecule has 3 aromatic carbocycles. The predicted molar refractivity (Wildman–Crippen MR) is 119 cm³/mol. The van der Waals surface area contributed by atoms with E-state index in [-0.39, 0.29) is 10.6 Å². The molecule has 8 heteroatoms. The monoisotopic (exact) mass is 460 g/mol. The first-order chi connectivity index (χ1) is 14.2. The lowest BCUT2D eigenvalue weighted by atomic mass is 10.2. The maximum Gasteiger partial charge on any atom is 0.339 e. The first-order valence-corrected chi connectivity index (χ1v) is 11.3. The van der Waals surface area contributed by atoms with Crippen LogP contribution in [0.25, 0.3) is 11.0 Å². The Morgan fingerprint density at radius 3 is 2.43 bits per heavy atom. The first-order valence-electron chi connectivity index (χ1n) is 9.15. The molecular formula is C22H18Cl2N2O3S. The molecule has 0 N–H and O–H groups in total. The lowest BCUT2D eigenvalue weighted by Crippen LogP contribution is -2.10. The van der Waals surface area contributed by atoms with Crippen LogP contribution in [0.4, 0.5) is 0 Å². The van der Waals surface area contributed by atoms with Crippen LogP contribution in [0.1, 0.15) is 17.0 Å². The van der Waals surface area contributed by atoms with Gasteiger partial charge in [0.1, 0.15) is 16.5 Å². The van der Waals surface area contributed by atoms with Crippen molar-refractivity contribution in [3.63, 3.8) is 0 Å².